The van der Waals surface area contributed by atoms with Gasteiger partial charge in [0, 0.05) is 17.3 Å². The summed E-state index contributed by atoms with van der Waals surface area (Å²) in [7, 11) is 1.35. The van der Waals surface area contributed by atoms with Crippen molar-refractivity contribution in [1.29, 1.82) is 0 Å². The number of anilines is 1. The van der Waals surface area contributed by atoms with Gasteiger partial charge < -0.3 is 10.1 Å². The lowest BCUT2D eigenvalue weighted by Crippen LogP contribution is -2.09. The van der Waals surface area contributed by atoms with Gasteiger partial charge in [-0.1, -0.05) is 0 Å². The fourth-order valence-electron chi connectivity index (χ4n) is 1.46. The van der Waals surface area contributed by atoms with E-state index in [-0.39, 0.29) is 0 Å². The molecule has 0 aliphatic rings. The SMILES string of the molecule is COC(=O)c1cccnc1NCc1nc(C)cs1. The van der Waals surface area contributed by atoms with Crippen LogP contribution in [0.2, 0.25) is 0 Å². The maximum absolute atomic E-state index is 11.5. The molecule has 0 radical (unpaired) electrons. The van der Waals surface area contributed by atoms with Crippen LogP contribution in [-0.2, 0) is 11.3 Å². The van der Waals surface area contributed by atoms with Crippen LogP contribution in [0.25, 0.3) is 0 Å². The van der Waals surface area contributed by atoms with Crippen LogP contribution in [0.5, 0.6) is 0 Å². The van der Waals surface area contributed by atoms with Crippen LogP contribution in [-0.4, -0.2) is 23.0 Å². The molecule has 0 aliphatic carbocycles. The first-order valence-electron chi connectivity index (χ1n) is 5.39. The number of methoxy groups -OCH3 is 1. The molecular weight excluding hydrogens is 250 g/mol. The Morgan fingerprint density at radius 3 is 3.06 bits per heavy atom. The summed E-state index contributed by atoms with van der Waals surface area (Å²) >= 11 is 1.57. The number of rotatable bonds is 4. The van der Waals surface area contributed by atoms with Crippen LogP contribution in [0.4, 0.5) is 5.82 Å². The second-order valence-corrected chi connectivity index (χ2v) is 4.57. The van der Waals surface area contributed by atoms with Gasteiger partial charge in [0.25, 0.3) is 0 Å². The molecule has 0 fully saturated rings. The second-order valence-electron chi connectivity index (χ2n) is 3.63. The van der Waals surface area contributed by atoms with Crippen LogP contribution >= 0.6 is 11.3 Å². The number of carbonyl (C=O) groups excluding carboxylic acids is 1. The summed E-state index contributed by atoms with van der Waals surface area (Å²) in [6.45, 7) is 2.49. The van der Waals surface area contributed by atoms with Crippen molar-refractivity contribution in [3.8, 4) is 0 Å². The maximum Gasteiger partial charge on any atom is 0.341 e. The number of esters is 1. The van der Waals surface area contributed by atoms with Crippen molar-refractivity contribution < 1.29 is 9.53 Å². The molecule has 0 amide bonds. The number of aromatic nitrogens is 2. The number of pyridine rings is 1. The number of nitrogens with one attached hydrogen (secondary N) is 1. The summed E-state index contributed by atoms with van der Waals surface area (Å²) in [5, 5.41) is 6.03. The zero-order valence-corrected chi connectivity index (χ0v) is 11.0. The van der Waals surface area contributed by atoms with Crippen LogP contribution in [0.15, 0.2) is 23.7 Å². The Hall–Kier alpha value is -1.95. The molecule has 18 heavy (non-hydrogen) atoms. The summed E-state index contributed by atoms with van der Waals surface area (Å²) < 4.78 is 4.70. The van der Waals surface area contributed by atoms with Crippen LogP contribution in [0.1, 0.15) is 21.1 Å². The topological polar surface area (TPSA) is 64.1 Å². The Morgan fingerprint density at radius 1 is 1.56 bits per heavy atom. The summed E-state index contributed by atoms with van der Waals surface area (Å²) in [6, 6.07) is 3.37. The zero-order valence-electron chi connectivity index (χ0n) is 10.1. The van der Waals surface area contributed by atoms with Gasteiger partial charge in [-0.15, -0.1) is 11.3 Å². The molecule has 0 saturated heterocycles. The van der Waals surface area contributed by atoms with Gasteiger partial charge in [0.2, 0.25) is 0 Å². The van der Waals surface area contributed by atoms with E-state index in [1.165, 1.54) is 7.11 Å². The van der Waals surface area contributed by atoms with Gasteiger partial charge in [0.05, 0.1) is 13.7 Å². The second kappa shape index (κ2) is 5.59. The highest BCUT2D eigenvalue weighted by molar-refractivity contribution is 7.09. The summed E-state index contributed by atoms with van der Waals surface area (Å²) in [4.78, 5) is 20.0. The Morgan fingerprint density at radius 2 is 2.39 bits per heavy atom. The van der Waals surface area contributed by atoms with Gasteiger partial charge in [0.1, 0.15) is 16.4 Å². The summed E-state index contributed by atoms with van der Waals surface area (Å²) in [5.74, 6) is 0.109. The smallest absolute Gasteiger partial charge is 0.341 e. The van der Waals surface area contributed by atoms with E-state index in [9.17, 15) is 4.79 Å². The van der Waals surface area contributed by atoms with E-state index in [0.717, 1.165) is 10.7 Å². The van der Waals surface area contributed by atoms with Gasteiger partial charge in [-0.25, -0.2) is 14.8 Å². The van der Waals surface area contributed by atoms with E-state index >= 15 is 0 Å². The maximum atomic E-state index is 11.5. The fourth-order valence-corrected chi connectivity index (χ4v) is 2.18. The number of aryl methyl sites for hydroxylation is 1. The molecule has 2 heterocycles. The van der Waals surface area contributed by atoms with E-state index in [2.05, 4.69) is 15.3 Å². The zero-order chi connectivity index (χ0) is 13.0. The Kier molecular flexibility index (Phi) is 3.88. The normalized spacial score (nSPS) is 10.1. The van der Waals surface area contributed by atoms with Crippen molar-refractivity contribution in [2.24, 2.45) is 0 Å². The molecule has 0 spiro atoms. The van der Waals surface area contributed by atoms with E-state index < -0.39 is 5.97 Å². The lowest BCUT2D eigenvalue weighted by molar-refractivity contribution is 0.0601. The average molecular weight is 263 g/mol. The summed E-state index contributed by atoms with van der Waals surface area (Å²) in [6.07, 6.45) is 1.63. The minimum atomic E-state index is -0.402. The van der Waals surface area contributed by atoms with E-state index in [4.69, 9.17) is 4.74 Å². The van der Waals surface area contributed by atoms with Crippen LogP contribution in [0.3, 0.4) is 0 Å². The molecular formula is C12H13N3O2S. The monoisotopic (exact) mass is 263 g/mol. The van der Waals surface area contributed by atoms with Crippen LogP contribution < -0.4 is 5.32 Å². The highest BCUT2D eigenvalue weighted by atomic mass is 32.1. The lowest BCUT2D eigenvalue weighted by Gasteiger charge is -2.07. The van der Waals surface area contributed by atoms with Crippen LogP contribution in [0, 0.1) is 6.92 Å². The molecule has 0 aliphatic heterocycles. The Bertz CT molecular complexity index is 554. The molecule has 1 N–H and O–H groups in total. The number of hydrogen-bond donors (Lipinski definition) is 1. The van der Waals surface area contributed by atoms with E-state index in [1.807, 2.05) is 12.3 Å². The molecule has 0 unspecified atom stereocenters. The molecule has 0 bridgehead atoms. The molecule has 0 aromatic carbocycles. The first-order chi connectivity index (χ1) is 8.70. The van der Waals surface area contributed by atoms with Crippen molar-refractivity contribution in [2.75, 3.05) is 12.4 Å². The summed E-state index contributed by atoms with van der Waals surface area (Å²) in [5.41, 5.74) is 1.42. The molecule has 2 aromatic rings. The molecule has 2 rings (SSSR count). The van der Waals surface area contributed by atoms with Crippen molar-refractivity contribution in [3.05, 3.63) is 40.0 Å². The van der Waals surface area contributed by atoms with Gasteiger partial charge in [0.15, 0.2) is 0 Å². The predicted octanol–water partition coefficient (Wildman–Crippen LogP) is 2.25. The highest BCUT2D eigenvalue weighted by Gasteiger charge is 2.12. The standard InChI is InChI=1S/C12H13N3O2S/c1-8-7-18-10(15-8)6-14-11-9(12(16)17-2)4-3-5-13-11/h3-5,7H,6H2,1-2H3,(H,13,14). The molecule has 2 aromatic heterocycles. The van der Waals surface area contributed by atoms with Crippen molar-refractivity contribution in [2.45, 2.75) is 13.5 Å². The number of nitrogens with zero attached hydrogens (tertiary/aromatic N) is 2. The largest absolute Gasteiger partial charge is 0.465 e. The van der Waals surface area contributed by atoms with E-state index in [1.54, 1.807) is 29.7 Å². The third kappa shape index (κ3) is 2.84. The third-order valence-corrected chi connectivity index (χ3v) is 3.25. The predicted molar refractivity (Wildman–Crippen MR) is 69.8 cm³/mol. The van der Waals surface area contributed by atoms with Gasteiger partial charge in [-0.2, -0.15) is 0 Å². The first kappa shape index (κ1) is 12.5. The highest BCUT2D eigenvalue weighted by Crippen LogP contribution is 2.15. The van der Waals surface area contributed by atoms with Gasteiger partial charge in [-0.05, 0) is 19.1 Å². The Balaban J connectivity index is 2.11. The number of thiazole rings is 1. The lowest BCUT2D eigenvalue weighted by atomic mass is 10.2. The third-order valence-electron chi connectivity index (χ3n) is 2.29. The van der Waals surface area contributed by atoms with Gasteiger partial charge >= 0.3 is 5.97 Å². The molecule has 6 heteroatoms. The first-order valence-corrected chi connectivity index (χ1v) is 6.27. The number of carbonyl (C=O) groups is 1. The van der Waals surface area contributed by atoms with E-state index in [0.29, 0.717) is 17.9 Å². The van der Waals surface area contributed by atoms with Crippen molar-refractivity contribution in [1.82, 2.24) is 9.97 Å². The van der Waals surface area contributed by atoms with Crippen molar-refractivity contribution >= 4 is 23.1 Å². The average Bonchev–Trinajstić information content (AvgIpc) is 2.81. The number of ether oxygens (including phenoxy) is 1. The Labute approximate surface area is 109 Å². The quantitative estimate of drug-likeness (QED) is 0.857. The minimum absolute atomic E-state index is 0.402. The minimum Gasteiger partial charge on any atom is -0.465 e. The number of hydrogen-bond acceptors (Lipinski definition) is 6. The van der Waals surface area contributed by atoms with Crippen molar-refractivity contribution in [3.63, 3.8) is 0 Å². The molecule has 94 valence electrons. The fraction of sp³-hybridized carbons (Fsp3) is 0.250. The van der Waals surface area contributed by atoms with Gasteiger partial charge in [-0.3, -0.25) is 0 Å². The molecule has 5 nitrogen and oxygen atoms in total. The molecule has 0 saturated carbocycles. The molecule has 0 atom stereocenters.